The summed E-state index contributed by atoms with van der Waals surface area (Å²) in [5, 5.41) is 0. The predicted molar refractivity (Wildman–Crippen MR) is 71.3 cm³/mol. The maximum absolute atomic E-state index is 12.3. The number of hydrogen-bond acceptors (Lipinski definition) is 4. The quantitative estimate of drug-likeness (QED) is 0.651. The summed E-state index contributed by atoms with van der Waals surface area (Å²) in [6.07, 6.45) is 1.53. The van der Waals surface area contributed by atoms with E-state index in [1.165, 1.54) is 10.5 Å². The van der Waals surface area contributed by atoms with Crippen molar-refractivity contribution in [1.29, 1.82) is 0 Å². The van der Waals surface area contributed by atoms with Crippen LogP contribution in [0.2, 0.25) is 0 Å². The Hall–Kier alpha value is -2.21. The highest BCUT2D eigenvalue weighted by Crippen LogP contribution is 2.14. The van der Waals surface area contributed by atoms with Gasteiger partial charge in [0.05, 0.1) is 11.0 Å². The summed E-state index contributed by atoms with van der Waals surface area (Å²) in [4.78, 5) is 28.4. The second-order valence-corrected chi connectivity index (χ2v) is 4.69. The molecule has 0 atom stereocenters. The van der Waals surface area contributed by atoms with Crippen LogP contribution in [-0.4, -0.2) is 14.0 Å². The average molecular weight is 259 g/mol. The lowest BCUT2D eigenvalue weighted by molar-refractivity contribution is 0.726. The number of fused-ring (bicyclic) bond motifs is 3. The minimum absolute atomic E-state index is 0.205. The van der Waals surface area contributed by atoms with Crippen LogP contribution in [0.25, 0.3) is 16.0 Å². The van der Waals surface area contributed by atoms with Crippen molar-refractivity contribution in [2.45, 2.75) is 6.54 Å². The van der Waals surface area contributed by atoms with Crippen molar-refractivity contribution in [3.8, 4) is 0 Å². The molecule has 0 spiro atoms. The molecule has 3 rings (SSSR count). The van der Waals surface area contributed by atoms with Crippen LogP contribution in [0.3, 0.4) is 0 Å². The molecular weight excluding hydrogens is 250 g/mol. The van der Waals surface area contributed by atoms with E-state index in [1.54, 1.807) is 0 Å². The molecule has 0 radical (unpaired) electrons. The fraction of sp³-hybridized carbons (Fsp3) is 0.0833. The van der Waals surface area contributed by atoms with Gasteiger partial charge in [-0.25, -0.2) is 18.7 Å². The van der Waals surface area contributed by atoms with Crippen molar-refractivity contribution in [3.05, 3.63) is 57.1 Å². The van der Waals surface area contributed by atoms with E-state index < -0.39 is 0 Å². The van der Waals surface area contributed by atoms with Crippen LogP contribution >= 0.6 is 11.3 Å². The maximum atomic E-state index is 12.3. The van der Waals surface area contributed by atoms with E-state index in [0.717, 1.165) is 15.9 Å². The molecule has 90 valence electrons. The van der Waals surface area contributed by atoms with Crippen molar-refractivity contribution in [2.75, 3.05) is 0 Å². The number of para-hydroxylation sites is 2. The summed E-state index contributed by atoms with van der Waals surface area (Å²) in [7, 11) is 0. The van der Waals surface area contributed by atoms with Crippen LogP contribution in [0.1, 0.15) is 0 Å². The number of hydrogen-bond donors (Lipinski definition) is 0. The van der Waals surface area contributed by atoms with Gasteiger partial charge in [-0.3, -0.25) is 4.79 Å². The van der Waals surface area contributed by atoms with E-state index in [-0.39, 0.29) is 17.1 Å². The molecule has 0 aliphatic carbocycles. The van der Waals surface area contributed by atoms with Crippen LogP contribution in [0, 0.1) is 0 Å². The summed E-state index contributed by atoms with van der Waals surface area (Å²) in [6, 6.07) is 7.31. The lowest BCUT2D eigenvalue weighted by atomic mass is 10.3. The molecule has 1 aromatic carbocycles. The molecule has 0 unspecified atom stereocenters. The van der Waals surface area contributed by atoms with E-state index in [0.29, 0.717) is 16.0 Å². The molecule has 0 saturated heterocycles. The van der Waals surface area contributed by atoms with Gasteiger partial charge in [-0.05, 0) is 23.5 Å². The SMILES string of the molecule is C=CCn1c(=O)sc2nc3ccccc3n2c1=O. The molecule has 2 heterocycles. The zero-order valence-corrected chi connectivity index (χ0v) is 10.2. The van der Waals surface area contributed by atoms with Gasteiger partial charge in [-0.1, -0.05) is 18.2 Å². The highest BCUT2D eigenvalue weighted by molar-refractivity contribution is 7.14. The first kappa shape index (κ1) is 10.9. The minimum atomic E-state index is -0.373. The molecule has 0 N–H and O–H groups in total. The fourth-order valence-electron chi connectivity index (χ4n) is 1.87. The third-order valence-corrected chi connectivity index (χ3v) is 3.51. The number of imidazole rings is 1. The van der Waals surface area contributed by atoms with E-state index >= 15 is 0 Å². The van der Waals surface area contributed by atoms with Gasteiger partial charge in [0.15, 0.2) is 0 Å². The van der Waals surface area contributed by atoms with Gasteiger partial charge in [0.1, 0.15) is 0 Å². The van der Waals surface area contributed by atoms with Gasteiger partial charge in [-0.15, -0.1) is 6.58 Å². The second kappa shape index (κ2) is 3.92. The van der Waals surface area contributed by atoms with Crippen LogP contribution in [0.4, 0.5) is 0 Å². The van der Waals surface area contributed by atoms with Crippen LogP contribution in [0.5, 0.6) is 0 Å². The minimum Gasteiger partial charge on any atom is -0.256 e. The van der Waals surface area contributed by atoms with Gasteiger partial charge in [0.2, 0.25) is 4.96 Å². The van der Waals surface area contributed by atoms with Gasteiger partial charge < -0.3 is 0 Å². The lowest BCUT2D eigenvalue weighted by Crippen LogP contribution is -2.34. The summed E-state index contributed by atoms with van der Waals surface area (Å²) in [5.41, 5.74) is 1.05. The van der Waals surface area contributed by atoms with Gasteiger partial charge in [-0.2, -0.15) is 0 Å². The molecule has 0 aliphatic rings. The van der Waals surface area contributed by atoms with E-state index in [2.05, 4.69) is 11.6 Å². The second-order valence-electron chi connectivity index (χ2n) is 3.77. The Bertz CT molecular complexity index is 872. The lowest BCUT2D eigenvalue weighted by Gasteiger charge is -2.00. The van der Waals surface area contributed by atoms with Crippen molar-refractivity contribution in [3.63, 3.8) is 0 Å². The summed E-state index contributed by atoms with van der Waals surface area (Å²) >= 11 is 0.960. The van der Waals surface area contributed by atoms with Crippen LogP contribution in [0.15, 0.2) is 46.5 Å². The molecule has 0 fully saturated rings. The van der Waals surface area contributed by atoms with Gasteiger partial charge in [0.25, 0.3) is 0 Å². The number of benzene rings is 1. The Morgan fingerprint density at radius 2 is 2.11 bits per heavy atom. The Morgan fingerprint density at radius 3 is 2.89 bits per heavy atom. The molecule has 6 heteroatoms. The molecule has 0 saturated carbocycles. The number of rotatable bonds is 2. The first-order valence-electron chi connectivity index (χ1n) is 5.34. The highest BCUT2D eigenvalue weighted by atomic mass is 32.1. The molecule has 0 amide bonds. The Labute approximate surface area is 105 Å². The molecule has 3 aromatic rings. The van der Waals surface area contributed by atoms with Gasteiger partial charge in [0, 0.05) is 6.54 Å². The first-order valence-corrected chi connectivity index (χ1v) is 6.16. The molecule has 2 aromatic heterocycles. The average Bonchev–Trinajstić information content (AvgIpc) is 2.72. The monoisotopic (exact) mass is 259 g/mol. The van der Waals surface area contributed by atoms with Crippen LogP contribution < -0.4 is 10.6 Å². The molecule has 18 heavy (non-hydrogen) atoms. The van der Waals surface area contributed by atoms with Crippen LogP contribution in [-0.2, 0) is 6.54 Å². The van der Waals surface area contributed by atoms with Gasteiger partial charge >= 0.3 is 10.6 Å². The Morgan fingerprint density at radius 1 is 1.33 bits per heavy atom. The Balaban J connectivity index is 2.56. The third-order valence-electron chi connectivity index (χ3n) is 2.66. The summed E-state index contributed by atoms with van der Waals surface area (Å²) in [5.74, 6) is 0. The normalized spacial score (nSPS) is 11.1. The largest absolute Gasteiger partial charge is 0.338 e. The molecule has 0 bridgehead atoms. The first-order chi connectivity index (χ1) is 8.72. The molecule has 0 aliphatic heterocycles. The number of allylic oxidation sites excluding steroid dienone is 1. The van der Waals surface area contributed by atoms with E-state index in [1.807, 2.05) is 24.3 Å². The zero-order chi connectivity index (χ0) is 12.7. The third kappa shape index (κ3) is 1.42. The standard InChI is InChI=1S/C12H9N3O2S/c1-2-7-14-11(16)15-9-6-4-3-5-8(9)13-10(15)18-12(14)17/h2-6H,1,7H2. The number of nitrogens with zero attached hydrogens (tertiary/aromatic N) is 3. The molecule has 5 nitrogen and oxygen atoms in total. The smallest absolute Gasteiger partial charge is 0.256 e. The Kier molecular flexibility index (Phi) is 2.38. The topological polar surface area (TPSA) is 56.4 Å². The van der Waals surface area contributed by atoms with E-state index in [9.17, 15) is 9.59 Å². The number of aromatic nitrogens is 3. The summed E-state index contributed by atoms with van der Waals surface area (Å²) in [6.45, 7) is 3.75. The maximum Gasteiger partial charge on any atom is 0.338 e. The zero-order valence-electron chi connectivity index (χ0n) is 9.37. The van der Waals surface area contributed by atoms with Crippen molar-refractivity contribution in [1.82, 2.24) is 14.0 Å². The van der Waals surface area contributed by atoms with Crippen molar-refractivity contribution >= 4 is 27.3 Å². The predicted octanol–water partition coefficient (Wildman–Crippen LogP) is 1.26. The van der Waals surface area contributed by atoms with E-state index in [4.69, 9.17) is 0 Å². The molecular formula is C12H9N3O2S. The summed E-state index contributed by atoms with van der Waals surface area (Å²) < 4.78 is 2.61. The van der Waals surface area contributed by atoms with Crippen molar-refractivity contribution in [2.24, 2.45) is 0 Å². The van der Waals surface area contributed by atoms with Crippen molar-refractivity contribution < 1.29 is 0 Å². The highest BCUT2D eigenvalue weighted by Gasteiger charge is 2.11. The fourth-order valence-corrected chi connectivity index (χ4v) is 2.70.